The summed E-state index contributed by atoms with van der Waals surface area (Å²) in [5.74, 6) is -1.00. The summed E-state index contributed by atoms with van der Waals surface area (Å²) in [7, 11) is 1.67. The monoisotopic (exact) mass is 278 g/mol. The van der Waals surface area contributed by atoms with Crippen LogP contribution < -0.4 is 4.90 Å². The highest BCUT2D eigenvalue weighted by molar-refractivity contribution is 5.94. The number of carbonyl (C=O) groups excluding carboxylic acids is 1. The second kappa shape index (κ2) is 6.93. The zero-order valence-corrected chi connectivity index (χ0v) is 12.5. The zero-order valence-electron chi connectivity index (χ0n) is 12.5. The summed E-state index contributed by atoms with van der Waals surface area (Å²) < 4.78 is 0. The molecule has 0 heterocycles. The summed E-state index contributed by atoms with van der Waals surface area (Å²) in [6, 6.07) is 7.12. The second-order valence-corrected chi connectivity index (χ2v) is 4.91. The maximum atomic E-state index is 12.5. The molecule has 0 aliphatic carbocycles. The zero-order chi connectivity index (χ0) is 15.3. The number of rotatable bonds is 5. The van der Waals surface area contributed by atoms with Crippen molar-refractivity contribution >= 4 is 17.7 Å². The van der Waals surface area contributed by atoms with Crippen molar-refractivity contribution < 1.29 is 14.7 Å². The predicted octanol–water partition coefficient (Wildman–Crippen LogP) is 2.74. The lowest BCUT2D eigenvalue weighted by atomic mass is 10.2. The minimum absolute atomic E-state index is 0.120. The highest BCUT2D eigenvalue weighted by Crippen LogP contribution is 2.20. The van der Waals surface area contributed by atoms with Gasteiger partial charge in [-0.1, -0.05) is 25.1 Å². The van der Waals surface area contributed by atoms with Crippen LogP contribution >= 0.6 is 0 Å². The molecule has 5 nitrogen and oxygen atoms in total. The normalized spacial score (nSPS) is 11.8. The SMILES string of the molecule is CCC(C)N(CC(=O)O)C(=O)N(C)c1ccccc1C. The lowest BCUT2D eigenvalue weighted by molar-refractivity contribution is -0.138. The van der Waals surface area contributed by atoms with E-state index in [1.807, 2.05) is 45.0 Å². The maximum Gasteiger partial charge on any atom is 0.324 e. The largest absolute Gasteiger partial charge is 0.480 e. The van der Waals surface area contributed by atoms with E-state index in [1.165, 1.54) is 9.80 Å². The summed E-state index contributed by atoms with van der Waals surface area (Å²) in [4.78, 5) is 26.4. The molecular formula is C15H22N2O3. The molecule has 0 aromatic heterocycles. The Hall–Kier alpha value is -2.04. The number of carboxylic acid groups (broad SMARTS) is 1. The summed E-state index contributed by atoms with van der Waals surface area (Å²) in [5, 5.41) is 8.97. The number of nitrogens with zero attached hydrogens (tertiary/aromatic N) is 2. The lowest BCUT2D eigenvalue weighted by Gasteiger charge is -2.32. The standard InChI is InChI=1S/C15H22N2O3/c1-5-12(3)17(10-14(18)19)15(20)16(4)13-9-7-6-8-11(13)2/h6-9,12H,5,10H2,1-4H3,(H,18,19). The van der Waals surface area contributed by atoms with E-state index < -0.39 is 5.97 Å². The van der Waals surface area contributed by atoms with Crippen molar-refractivity contribution in [1.29, 1.82) is 0 Å². The van der Waals surface area contributed by atoms with Crippen LogP contribution in [0.5, 0.6) is 0 Å². The first kappa shape index (κ1) is 16.0. The van der Waals surface area contributed by atoms with Crippen LogP contribution in [-0.2, 0) is 4.79 Å². The highest BCUT2D eigenvalue weighted by Gasteiger charge is 2.25. The summed E-state index contributed by atoms with van der Waals surface area (Å²) in [6.07, 6.45) is 0.709. The van der Waals surface area contributed by atoms with Crippen LogP contribution in [0, 0.1) is 6.92 Å². The molecule has 0 saturated heterocycles. The second-order valence-electron chi connectivity index (χ2n) is 4.91. The molecule has 0 fully saturated rings. The molecule has 1 aromatic carbocycles. The molecular weight excluding hydrogens is 256 g/mol. The molecule has 5 heteroatoms. The van der Waals surface area contributed by atoms with Crippen molar-refractivity contribution in [2.24, 2.45) is 0 Å². The van der Waals surface area contributed by atoms with Gasteiger partial charge in [-0.2, -0.15) is 0 Å². The van der Waals surface area contributed by atoms with Crippen LogP contribution in [0.1, 0.15) is 25.8 Å². The number of carboxylic acids is 1. The Balaban J connectivity index is 3.00. The van der Waals surface area contributed by atoms with Gasteiger partial charge in [0.1, 0.15) is 6.54 Å². The topological polar surface area (TPSA) is 60.9 Å². The number of amides is 2. The van der Waals surface area contributed by atoms with Crippen molar-refractivity contribution in [3.8, 4) is 0 Å². The van der Waals surface area contributed by atoms with E-state index in [2.05, 4.69) is 0 Å². The Morgan fingerprint density at radius 1 is 1.30 bits per heavy atom. The van der Waals surface area contributed by atoms with E-state index in [0.717, 1.165) is 11.3 Å². The Labute approximate surface area is 119 Å². The number of carbonyl (C=O) groups is 2. The fourth-order valence-electron chi connectivity index (χ4n) is 2.01. The van der Waals surface area contributed by atoms with Crippen LogP contribution in [0.3, 0.4) is 0 Å². The molecule has 0 saturated carbocycles. The number of urea groups is 1. The van der Waals surface area contributed by atoms with Gasteiger partial charge in [-0.3, -0.25) is 9.69 Å². The molecule has 0 aliphatic rings. The fraction of sp³-hybridized carbons (Fsp3) is 0.467. The fourth-order valence-corrected chi connectivity index (χ4v) is 2.01. The van der Waals surface area contributed by atoms with Gasteiger partial charge in [0, 0.05) is 18.8 Å². The van der Waals surface area contributed by atoms with Gasteiger partial charge in [0.25, 0.3) is 0 Å². The third-order valence-corrected chi connectivity index (χ3v) is 3.44. The molecule has 2 amide bonds. The van der Waals surface area contributed by atoms with E-state index in [4.69, 9.17) is 5.11 Å². The van der Waals surface area contributed by atoms with Crippen molar-refractivity contribution in [1.82, 2.24) is 4.90 Å². The highest BCUT2D eigenvalue weighted by atomic mass is 16.4. The molecule has 1 N–H and O–H groups in total. The lowest BCUT2D eigenvalue weighted by Crippen LogP contribution is -2.48. The van der Waals surface area contributed by atoms with Gasteiger partial charge in [-0.15, -0.1) is 0 Å². The molecule has 20 heavy (non-hydrogen) atoms. The molecule has 1 atom stereocenters. The quantitative estimate of drug-likeness (QED) is 0.901. The van der Waals surface area contributed by atoms with Crippen LogP contribution in [0.15, 0.2) is 24.3 Å². The number of aliphatic carboxylic acids is 1. The average molecular weight is 278 g/mol. The first-order valence-electron chi connectivity index (χ1n) is 6.70. The molecule has 1 unspecified atom stereocenters. The smallest absolute Gasteiger partial charge is 0.324 e. The molecule has 0 radical (unpaired) electrons. The molecule has 0 aliphatic heterocycles. The molecule has 110 valence electrons. The van der Waals surface area contributed by atoms with Gasteiger partial charge in [0.05, 0.1) is 0 Å². The Morgan fingerprint density at radius 3 is 2.40 bits per heavy atom. The number of anilines is 1. The molecule has 1 rings (SSSR count). The predicted molar refractivity (Wildman–Crippen MR) is 79.1 cm³/mol. The minimum atomic E-state index is -1.00. The van der Waals surface area contributed by atoms with Gasteiger partial charge < -0.3 is 10.0 Å². The first-order chi connectivity index (χ1) is 9.38. The van der Waals surface area contributed by atoms with Crippen molar-refractivity contribution in [3.05, 3.63) is 29.8 Å². The van der Waals surface area contributed by atoms with Crippen molar-refractivity contribution in [2.45, 2.75) is 33.2 Å². The van der Waals surface area contributed by atoms with Crippen LogP contribution in [0.4, 0.5) is 10.5 Å². The van der Waals surface area contributed by atoms with E-state index >= 15 is 0 Å². The van der Waals surface area contributed by atoms with Crippen LogP contribution in [0.2, 0.25) is 0 Å². The van der Waals surface area contributed by atoms with Gasteiger partial charge in [-0.05, 0) is 31.9 Å². The van der Waals surface area contributed by atoms with Crippen LogP contribution in [0.25, 0.3) is 0 Å². The van der Waals surface area contributed by atoms with Gasteiger partial charge in [0.2, 0.25) is 0 Å². The Morgan fingerprint density at radius 2 is 1.90 bits per heavy atom. The third-order valence-electron chi connectivity index (χ3n) is 3.44. The molecule has 1 aromatic rings. The average Bonchev–Trinajstić information content (AvgIpc) is 2.42. The number of para-hydroxylation sites is 1. The van der Waals surface area contributed by atoms with E-state index in [-0.39, 0.29) is 18.6 Å². The van der Waals surface area contributed by atoms with Gasteiger partial charge in [-0.25, -0.2) is 4.79 Å². The number of hydrogen-bond donors (Lipinski definition) is 1. The molecule has 0 spiro atoms. The maximum absolute atomic E-state index is 12.5. The summed E-state index contributed by atoms with van der Waals surface area (Å²) in [5.41, 5.74) is 1.76. The van der Waals surface area contributed by atoms with Crippen molar-refractivity contribution in [3.63, 3.8) is 0 Å². The van der Waals surface area contributed by atoms with Gasteiger partial charge in [0.15, 0.2) is 0 Å². The number of aryl methyl sites for hydroxylation is 1. The minimum Gasteiger partial charge on any atom is -0.480 e. The third kappa shape index (κ3) is 3.73. The van der Waals surface area contributed by atoms with E-state index in [9.17, 15) is 9.59 Å². The van der Waals surface area contributed by atoms with Gasteiger partial charge >= 0.3 is 12.0 Å². The summed E-state index contributed by atoms with van der Waals surface area (Å²) >= 11 is 0. The molecule has 0 bridgehead atoms. The number of hydrogen-bond acceptors (Lipinski definition) is 2. The first-order valence-corrected chi connectivity index (χ1v) is 6.70. The Bertz CT molecular complexity index is 488. The van der Waals surface area contributed by atoms with Crippen molar-refractivity contribution in [2.75, 3.05) is 18.5 Å². The van der Waals surface area contributed by atoms with E-state index in [0.29, 0.717) is 6.42 Å². The summed E-state index contributed by atoms with van der Waals surface area (Å²) in [6.45, 7) is 5.42. The van der Waals surface area contributed by atoms with E-state index in [1.54, 1.807) is 7.05 Å². The number of benzene rings is 1. The van der Waals surface area contributed by atoms with Crippen LogP contribution in [-0.4, -0.2) is 41.6 Å². The Kier molecular flexibility index (Phi) is 5.55.